The topological polar surface area (TPSA) is 42.5 Å². The van der Waals surface area contributed by atoms with Crippen molar-refractivity contribution in [3.63, 3.8) is 0 Å². The van der Waals surface area contributed by atoms with E-state index in [1.807, 2.05) is 0 Å². The first kappa shape index (κ1) is 11.9. The van der Waals surface area contributed by atoms with Gasteiger partial charge in [0.05, 0.1) is 12.2 Å². The second kappa shape index (κ2) is 6.35. The average molecular weight is 202 g/mol. The molecule has 1 rings (SSSR count). The summed E-state index contributed by atoms with van der Waals surface area (Å²) in [5.41, 5.74) is 0. The summed E-state index contributed by atoms with van der Waals surface area (Å²) < 4.78 is 10.4. The molecule has 0 aromatic carbocycles. The van der Waals surface area contributed by atoms with E-state index in [2.05, 4.69) is 17.6 Å². The molecule has 4 nitrogen and oxygen atoms in total. The zero-order valence-corrected chi connectivity index (χ0v) is 9.38. The largest absolute Gasteiger partial charge is 0.380 e. The van der Waals surface area contributed by atoms with Crippen LogP contribution in [-0.4, -0.2) is 52.1 Å². The highest BCUT2D eigenvalue weighted by molar-refractivity contribution is 4.83. The van der Waals surface area contributed by atoms with Gasteiger partial charge in [-0.3, -0.25) is 0 Å². The van der Waals surface area contributed by atoms with Crippen molar-refractivity contribution in [1.29, 1.82) is 0 Å². The average Bonchev–Trinajstić information content (AvgIpc) is 2.65. The van der Waals surface area contributed by atoms with Crippen LogP contribution in [0.4, 0.5) is 0 Å². The number of rotatable bonds is 6. The molecule has 0 saturated carbocycles. The number of ether oxygens (including phenoxy) is 2. The fourth-order valence-corrected chi connectivity index (χ4v) is 1.66. The molecule has 14 heavy (non-hydrogen) atoms. The summed E-state index contributed by atoms with van der Waals surface area (Å²) >= 11 is 0. The van der Waals surface area contributed by atoms with E-state index < -0.39 is 0 Å². The second-order valence-electron chi connectivity index (χ2n) is 3.90. The lowest BCUT2D eigenvalue weighted by atomic mass is 10.2. The van der Waals surface area contributed by atoms with Gasteiger partial charge in [-0.05, 0) is 13.3 Å². The van der Waals surface area contributed by atoms with Crippen molar-refractivity contribution in [3.8, 4) is 0 Å². The van der Waals surface area contributed by atoms with Crippen LogP contribution in [-0.2, 0) is 9.47 Å². The summed E-state index contributed by atoms with van der Waals surface area (Å²) in [7, 11) is 3.51. The van der Waals surface area contributed by atoms with E-state index in [-0.39, 0.29) is 6.10 Å². The fraction of sp³-hybridized carbons (Fsp3) is 1.00. The Labute approximate surface area is 86.3 Å². The number of methoxy groups -OCH3 is 2. The molecule has 0 amide bonds. The van der Waals surface area contributed by atoms with Crippen molar-refractivity contribution in [2.45, 2.75) is 31.6 Å². The van der Waals surface area contributed by atoms with Crippen molar-refractivity contribution in [1.82, 2.24) is 10.6 Å². The summed E-state index contributed by atoms with van der Waals surface area (Å²) in [5, 5.41) is 6.80. The summed E-state index contributed by atoms with van der Waals surface area (Å²) in [6.07, 6.45) is 1.78. The molecule has 0 aromatic rings. The summed E-state index contributed by atoms with van der Waals surface area (Å²) in [6.45, 7) is 4.94. The van der Waals surface area contributed by atoms with Gasteiger partial charge < -0.3 is 20.1 Å². The Balaban J connectivity index is 2.03. The van der Waals surface area contributed by atoms with E-state index in [0.29, 0.717) is 12.1 Å². The van der Waals surface area contributed by atoms with Gasteiger partial charge in [0.15, 0.2) is 0 Å². The van der Waals surface area contributed by atoms with Crippen LogP contribution >= 0.6 is 0 Å². The van der Waals surface area contributed by atoms with Crippen LogP contribution in [0, 0.1) is 0 Å². The van der Waals surface area contributed by atoms with Gasteiger partial charge in [-0.15, -0.1) is 0 Å². The first-order valence-corrected chi connectivity index (χ1v) is 5.26. The third-order valence-electron chi connectivity index (χ3n) is 2.74. The molecule has 0 aliphatic carbocycles. The van der Waals surface area contributed by atoms with Crippen LogP contribution in [0.15, 0.2) is 0 Å². The lowest BCUT2D eigenvalue weighted by molar-refractivity contribution is 0.113. The zero-order chi connectivity index (χ0) is 10.4. The van der Waals surface area contributed by atoms with Crippen LogP contribution in [0.3, 0.4) is 0 Å². The summed E-state index contributed by atoms with van der Waals surface area (Å²) in [4.78, 5) is 0. The molecule has 0 spiro atoms. The zero-order valence-electron chi connectivity index (χ0n) is 9.38. The van der Waals surface area contributed by atoms with Gasteiger partial charge >= 0.3 is 0 Å². The Bertz CT molecular complexity index is 155. The van der Waals surface area contributed by atoms with Gasteiger partial charge in [0.2, 0.25) is 0 Å². The van der Waals surface area contributed by atoms with E-state index >= 15 is 0 Å². The molecule has 84 valence electrons. The van der Waals surface area contributed by atoms with Gasteiger partial charge in [-0.1, -0.05) is 0 Å². The molecule has 0 aromatic heterocycles. The number of hydrogen-bond donors (Lipinski definition) is 2. The molecule has 3 unspecified atom stereocenters. The molecule has 1 saturated heterocycles. The highest BCUT2D eigenvalue weighted by Crippen LogP contribution is 2.08. The first-order valence-electron chi connectivity index (χ1n) is 5.26. The molecular weight excluding hydrogens is 180 g/mol. The SMILES string of the molecule is COC(C)CNCC1CC(OC)CN1. The van der Waals surface area contributed by atoms with E-state index in [1.165, 1.54) is 0 Å². The van der Waals surface area contributed by atoms with Crippen molar-refractivity contribution in [3.05, 3.63) is 0 Å². The van der Waals surface area contributed by atoms with Crippen LogP contribution in [0.5, 0.6) is 0 Å². The molecule has 1 aliphatic heterocycles. The Morgan fingerprint density at radius 2 is 2.29 bits per heavy atom. The highest BCUT2D eigenvalue weighted by atomic mass is 16.5. The molecule has 1 fully saturated rings. The lowest BCUT2D eigenvalue weighted by Gasteiger charge is -2.14. The number of hydrogen-bond acceptors (Lipinski definition) is 4. The molecule has 1 heterocycles. The van der Waals surface area contributed by atoms with Gasteiger partial charge in [-0.25, -0.2) is 0 Å². The Hall–Kier alpha value is -0.160. The molecule has 0 bridgehead atoms. The smallest absolute Gasteiger partial charge is 0.0711 e. The van der Waals surface area contributed by atoms with Crippen LogP contribution in [0.2, 0.25) is 0 Å². The van der Waals surface area contributed by atoms with Crippen LogP contribution < -0.4 is 10.6 Å². The minimum Gasteiger partial charge on any atom is -0.380 e. The third kappa shape index (κ3) is 3.92. The van der Waals surface area contributed by atoms with Crippen molar-refractivity contribution in [2.75, 3.05) is 33.9 Å². The van der Waals surface area contributed by atoms with Crippen LogP contribution in [0.25, 0.3) is 0 Å². The van der Waals surface area contributed by atoms with Crippen molar-refractivity contribution in [2.24, 2.45) is 0 Å². The van der Waals surface area contributed by atoms with E-state index in [1.54, 1.807) is 14.2 Å². The molecule has 4 heteroatoms. The Morgan fingerprint density at radius 1 is 1.50 bits per heavy atom. The van der Waals surface area contributed by atoms with Crippen molar-refractivity contribution < 1.29 is 9.47 Å². The minimum absolute atomic E-state index is 0.287. The van der Waals surface area contributed by atoms with Gasteiger partial charge in [-0.2, -0.15) is 0 Å². The second-order valence-corrected chi connectivity index (χ2v) is 3.90. The molecule has 0 radical (unpaired) electrons. The quantitative estimate of drug-likeness (QED) is 0.635. The maximum Gasteiger partial charge on any atom is 0.0711 e. The third-order valence-corrected chi connectivity index (χ3v) is 2.74. The normalized spacial score (nSPS) is 29.4. The van der Waals surface area contributed by atoms with Gasteiger partial charge in [0, 0.05) is 39.9 Å². The maximum absolute atomic E-state index is 5.27. The molecular formula is C10H22N2O2. The van der Waals surface area contributed by atoms with E-state index in [4.69, 9.17) is 9.47 Å². The van der Waals surface area contributed by atoms with Crippen molar-refractivity contribution >= 4 is 0 Å². The minimum atomic E-state index is 0.287. The van der Waals surface area contributed by atoms with E-state index in [0.717, 1.165) is 26.1 Å². The molecule has 2 N–H and O–H groups in total. The fourth-order valence-electron chi connectivity index (χ4n) is 1.66. The Kier molecular flexibility index (Phi) is 5.40. The maximum atomic E-state index is 5.27. The first-order chi connectivity index (χ1) is 6.76. The van der Waals surface area contributed by atoms with Gasteiger partial charge in [0.1, 0.15) is 0 Å². The monoisotopic (exact) mass is 202 g/mol. The molecule has 1 aliphatic rings. The van der Waals surface area contributed by atoms with Crippen LogP contribution in [0.1, 0.15) is 13.3 Å². The molecule has 3 atom stereocenters. The Morgan fingerprint density at radius 3 is 2.86 bits per heavy atom. The standard InChI is InChI=1S/C10H22N2O2/c1-8(13-2)5-11-6-9-4-10(14-3)7-12-9/h8-12H,4-7H2,1-3H3. The van der Waals surface area contributed by atoms with Gasteiger partial charge in [0.25, 0.3) is 0 Å². The highest BCUT2D eigenvalue weighted by Gasteiger charge is 2.22. The predicted molar refractivity (Wildman–Crippen MR) is 56.5 cm³/mol. The lowest BCUT2D eigenvalue weighted by Crippen LogP contribution is -2.37. The number of nitrogens with one attached hydrogen (secondary N) is 2. The summed E-state index contributed by atoms with van der Waals surface area (Å²) in [5.74, 6) is 0. The summed E-state index contributed by atoms with van der Waals surface area (Å²) in [6, 6.07) is 0.545. The van der Waals surface area contributed by atoms with E-state index in [9.17, 15) is 0 Å². The predicted octanol–water partition coefficient (Wildman–Crippen LogP) is -0.0122.